The van der Waals surface area contributed by atoms with Crippen molar-refractivity contribution in [3.05, 3.63) is 39.2 Å². The number of hydrogen-bond acceptors (Lipinski definition) is 3. The number of fused-ring (bicyclic) bond motifs is 1. The van der Waals surface area contributed by atoms with E-state index < -0.39 is 0 Å². The van der Waals surface area contributed by atoms with Gasteiger partial charge in [-0.2, -0.15) is 0 Å². The normalized spacial score (nSPS) is 11.5. The molecular weight excluding hydrogens is 276 g/mol. The SMILES string of the molecule is CCCCc1c(C)c2cc(CCC(C)C)c(O)cc2oc1=O. The Bertz CT molecular complexity index is 711. The van der Waals surface area contributed by atoms with E-state index in [-0.39, 0.29) is 11.4 Å². The molecule has 0 bridgehead atoms. The van der Waals surface area contributed by atoms with Crippen LogP contribution in [0.2, 0.25) is 0 Å². The molecule has 0 fully saturated rings. The lowest BCUT2D eigenvalue weighted by Gasteiger charge is -2.11. The molecule has 0 spiro atoms. The molecule has 3 heteroatoms. The largest absolute Gasteiger partial charge is 0.508 e. The molecule has 0 aliphatic rings. The van der Waals surface area contributed by atoms with Crippen LogP contribution in [-0.2, 0) is 12.8 Å². The third kappa shape index (κ3) is 3.52. The minimum absolute atomic E-state index is 0.219. The van der Waals surface area contributed by atoms with Crippen LogP contribution in [0, 0.1) is 12.8 Å². The van der Waals surface area contributed by atoms with Crippen molar-refractivity contribution in [1.82, 2.24) is 0 Å². The first-order valence-electron chi connectivity index (χ1n) is 8.22. The van der Waals surface area contributed by atoms with E-state index in [1.54, 1.807) is 6.07 Å². The lowest BCUT2D eigenvalue weighted by Crippen LogP contribution is -2.10. The van der Waals surface area contributed by atoms with E-state index in [0.29, 0.717) is 11.5 Å². The van der Waals surface area contributed by atoms with Crippen LogP contribution in [0.15, 0.2) is 21.3 Å². The first-order chi connectivity index (χ1) is 10.4. The van der Waals surface area contributed by atoms with Gasteiger partial charge in [-0.3, -0.25) is 0 Å². The molecule has 0 unspecified atom stereocenters. The summed E-state index contributed by atoms with van der Waals surface area (Å²) in [5, 5.41) is 11.1. The van der Waals surface area contributed by atoms with Crippen molar-refractivity contribution in [3.63, 3.8) is 0 Å². The Labute approximate surface area is 132 Å². The quantitative estimate of drug-likeness (QED) is 0.784. The number of aromatic hydroxyl groups is 1. The van der Waals surface area contributed by atoms with Gasteiger partial charge in [-0.1, -0.05) is 27.2 Å². The van der Waals surface area contributed by atoms with Gasteiger partial charge < -0.3 is 9.52 Å². The molecule has 0 saturated heterocycles. The zero-order valence-corrected chi connectivity index (χ0v) is 14.0. The van der Waals surface area contributed by atoms with Crippen LogP contribution in [0.25, 0.3) is 11.0 Å². The van der Waals surface area contributed by atoms with Crippen LogP contribution in [-0.4, -0.2) is 5.11 Å². The first kappa shape index (κ1) is 16.6. The number of phenols is 1. The summed E-state index contributed by atoms with van der Waals surface area (Å²) >= 11 is 0. The highest BCUT2D eigenvalue weighted by atomic mass is 16.4. The van der Waals surface area contributed by atoms with Crippen molar-refractivity contribution in [3.8, 4) is 5.75 Å². The Morgan fingerprint density at radius 1 is 1.23 bits per heavy atom. The summed E-state index contributed by atoms with van der Waals surface area (Å²) in [7, 11) is 0. The molecule has 1 aromatic carbocycles. The molecule has 0 aliphatic heterocycles. The number of unbranched alkanes of at least 4 members (excludes halogenated alkanes) is 1. The van der Waals surface area contributed by atoms with Gasteiger partial charge in [0.25, 0.3) is 0 Å². The number of benzene rings is 1. The highest BCUT2D eigenvalue weighted by Crippen LogP contribution is 2.29. The van der Waals surface area contributed by atoms with Crippen LogP contribution in [0.1, 0.15) is 56.7 Å². The maximum absolute atomic E-state index is 12.1. The van der Waals surface area contributed by atoms with Gasteiger partial charge in [-0.15, -0.1) is 0 Å². The molecule has 0 aliphatic carbocycles. The molecule has 0 amide bonds. The molecule has 3 nitrogen and oxygen atoms in total. The predicted octanol–water partition coefficient (Wildman–Crippen LogP) is 4.74. The molecule has 1 heterocycles. The molecule has 2 rings (SSSR count). The third-order valence-electron chi connectivity index (χ3n) is 4.26. The monoisotopic (exact) mass is 302 g/mol. The van der Waals surface area contributed by atoms with E-state index in [4.69, 9.17) is 4.42 Å². The molecule has 0 saturated carbocycles. The van der Waals surface area contributed by atoms with Crippen molar-refractivity contribution < 1.29 is 9.52 Å². The number of rotatable bonds is 6. The van der Waals surface area contributed by atoms with Gasteiger partial charge in [0.1, 0.15) is 11.3 Å². The van der Waals surface area contributed by atoms with Crippen LogP contribution < -0.4 is 5.63 Å². The van der Waals surface area contributed by atoms with Gasteiger partial charge in [-0.25, -0.2) is 4.79 Å². The van der Waals surface area contributed by atoms with Gasteiger partial charge in [0.15, 0.2) is 0 Å². The second-order valence-electron chi connectivity index (χ2n) is 6.51. The number of hydrogen-bond donors (Lipinski definition) is 1. The van der Waals surface area contributed by atoms with Crippen LogP contribution in [0.3, 0.4) is 0 Å². The van der Waals surface area contributed by atoms with Crippen LogP contribution in [0.5, 0.6) is 5.75 Å². The summed E-state index contributed by atoms with van der Waals surface area (Å²) in [6.45, 7) is 8.43. The zero-order valence-electron chi connectivity index (χ0n) is 14.0. The average molecular weight is 302 g/mol. The molecule has 2 aromatic rings. The Kier molecular flexibility index (Phi) is 5.28. The Balaban J connectivity index is 2.51. The van der Waals surface area contributed by atoms with Gasteiger partial charge >= 0.3 is 5.63 Å². The van der Waals surface area contributed by atoms with Crippen LogP contribution in [0.4, 0.5) is 0 Å². The highest BCUT2D eigenvalue weighted by Gasteiger charge is 2.14. The van der Waals surface area contributed by atoms with E-state index in [1.807, 2.05) is 13.0 Å². The Morgan fingerprint density at radius 2 is 1.95 bits per heavy atom. The summed E-state index contributed by atoms with van der Waals surface area (Å²) in [5.74, 6) is 0.807. The van der Waals surface area contributed by atoms with Crippen molar-refractivity contribution in [2.45, 2.75) is 59.8 Å². The third-order valence-corrected chi connectivity index (χ3v) is 4.26. The zero-order chi connectivity index (χ0) is 16.3. The van der Waals surface area contributed by atoms with E-state index in [2.05, 4.69) is 20.8 Å². The smallest absolute Gasteiger partial charge is 0.339 e. The number of phenolic OH excluding ortho intramolecular Hbond substituents is 1. The minimum Gasteiger partial charge on any atom is -0.508 e. The fourth-order valence-corrected chi connectivity index (χ4v) is 2.76. The highest BCUT2D eigenvalue weighted by molar-refractivity contribution is 5.83. The Morgan fingerprint density at radius 3 is 2.59 bits per heavy atom. The first-order valence-corrected chi connectivity index (χ1v) is 8.22. The Hall–Kier alpha value is -1.77. The molecular formula is C19H26O3. The van der Waals surface area contributed by atoms with Crippen molar-refractivity contribution >= 4 is 11.0 Å². The molecule has 22 heavy (non-hydrogen) atoms. The number of aryl methyl sites for hydroxylation is 2. The van der Waals surface area contributed by atoms with Gasteiger partial charge in [0, 0.05) is 17.0 Å². The molecule has 120 valence electrons. The van der Waals surface area contributed by atoms with Gasteiger partial charge in [-0.05, 0) is 55.7 Å². The second kappa shape index (κ2) is 6.99. The van der Waals surface area contributed by atoms with Gasteiger partial charge in [0.2, 0.25) is 0 Å². The van der Waals surface area contributed by atoms with E-state index in [1.165, 1.54) is 0 Å². The van der Waals surface area contributed by atoms with Crippen molar-refractivity contribution in [2.75, 3.05) is 0 Å². The van der Waals surface area contributed by atoms with Crippen molar-refractivity contribution in [1.29, 1.82) is 0 Å². The van der Waals surface area contributed by atoms with E-state index in [0.717, 1.165) is 54.2 Å². The lowest BCUT2D eigenvalue weighted by molar-refractivity contribution is 0.461. The van der Waals surface area contributed by atoms with E-state index >= 15 is 0 Å². The molecule has 0 radical (unpaired) electrons. The minimum atomic E-state index is -0.271. The predicted molar refractivity (Wildman–Crippen MR) is 90.7 cm³/mol. The van der Waals surface area contributed by atoms with Crippen LogP contribution >= 0.6 is 0 Å². The topological polar surface area (TPSA) is 50.4 Å². The average Bonchev–Trinajstić information content (AvgIpc) is 2.45. The molecule has 1 aromatic heterocycles. The summed E-state index contributed by atoms with van der Waals surface area (Å²) in [6.07, 6.45) is 4.64. The summed E-state index contributed by atoms with van der Waals surface area (Å²) < 4.78 is 5.42. The summed E-state index contributed by atoms with van der Waals surface area (Å²) in [5.41, 5.74) is 2.90. The fourth-order valence-electron chi connectivity index (χ4n) is 2.76. The maximum Gasteiger partial charge on any atom is 0.339 e. The summed E-state index contributed by atoms with van der Waals surface area (Å²) in [6, 6.07) is 3.57. The lowest BCUT2D eigenvalue weighted by atomic mass is 9.97. The van der Waals surface area contributed by atoms with Crippen molar-refractivity contribution in [2.24, 2.45) is 5.92 Å². The van der Waals surface area contributed by atoms with Gasteiger partial charge in [0.05, 0.1) is 0 Å². The van der Waals surface area contributed by atoms with E-state index in [9.17, 15) is 9.90 Å². The fraction of sp³-hybridized carbons (Fsp3) is 0.526. The summed E-state index contributed by atoms with van der Waals surface area (Å²) in [4.78, 5) is 12.1. The molecule has 1 N–H and O–H groups in total. The standard InChI is InChI=1S/C19H26O3/c1-5-6-7-15-13(4)16-10-14(9-8-12(2)3)17(20)11-18(16)22-19(15)21/h10-12,20H,5-9H2,1-4H3. The maximum atomic E-state index is 12.1. The molecule has 0 atom stereocenters. The second-order valence-corrected chi connectivity index (χ2v) is 6.51.